The van der Waals surface area contributed by atoms with Crippen LogP contribution in [0.25, 0.3) is 0 Å². The van der Waals surface area contributed by atoms with Crippen LogP contribution in [0.4, 0.5) is 0 Å². The Balaban J connectivity index is 1.87. The van der Waals surface area contributed by atoms with Gasteiger partial charge in [0, 0.05) is 6.61 Å². The summed E-state index contributed by atoms with van der Waals surface area (Å²) in [5.41, 5.74) is 0. The fraction of sp³-hybridized carbons (Fsp3) is 0.909. The zero-order valence-electron chi connectivity index (χ0n) is 17.2. The van der Waals surface area contributed by atoms with Gasteiger partial charge in [0.2, 0.25) is 0 Å². The van der Waals surface area contributed by atoms with E-state index in [2.05, 4.69) is 19.1 Å². The highest BCUT2D eigenvalue weighted by Gasteiger charge is 2.40. The van der Waals surface area contributed by atoms with E-state index in [-0.39, 0.29) is 6.61 Å². The molecule has 1 saturated heterocycles. The highest BCUT2D eigenvalue weighted by atomic mass is 16.6. The number of rotatable bonds is 17. The zero-order valence-corrected chi connectivity index (χ0v) is 17.2. The van der Waals surface area contributed by atoms with Crippen LogP contribution in [0.3, 0.4) is 0 Å². The largest absolute Gasteiger partial charge is 0.394 e. The Bertz CT molecular complexity index is 361. The molecule has 5 heteroatoms. The molecule has 1 aliphatic rings. The molecule has 0 bridgehead atoms. The highest BCUT2D eigenvalue weighted by molar-refractivity contribution is 4.88. The van der Waals surface area contributed by atoms with Crippen molar-refractivity contribution in [2.75, 3.05) is 19.8 Å². The summed E-state index contributed by atoms with van der Waals surface area (Å²) < 4.78 is 11.0. The molecule has 0 aromatic carbocycles. The second kappa shape index (κ2) is 16.5. The van der Waals surface area contributed by atoms with E-state index in [9.17, 15) is 10.2 Å². The third-order valence-electron chi connectivity index (χ3n) is 5.22. The molecule has 1 rings (SSSR count). The third kappa shape index (κ3) is 11.2. The lowest BCUT2D eigenvalue weighted by molar-refractivity contribution is -0.0730. The Labute approximate surface area is 165 Å². The Kier molecular flexibility index (Phi) is 15.0. The average molecular weight is 387 g/mol. The smallest absolute Gasteiger partial charge is 0.114 e. The van der Waals surface area contributed by atoms with Gasteiger partial charge in [0.25, 0.3) is 0 Å². The van der Waals surface area contributed by atoms with Crippen molar-refractivity contribution in [1.29, 1.82) is 0 Å². The fourth-order valence-corrected chi connectivity index (χ4v) is 3.43. The fourth-order valence-electron chi connectivity index (χ4n) is 3.43. The highest BCUT2D eigenvalue weighted by Crippen LogP contribution is 2.20. The number of aliphatic hydroxyl groups is 3. The van der Waals surface area contributed by atoms with Gasteiger partial charge < -0.3 is 24.8 Å². The van der Waals surface area contributed by atoms with Gasteiger partial charge in [-0.05, 0) is 32.1 Å². The molecule has 27 heavy (non-hydrogen) atoms. The normalized spacial score (nSPS) is 24.1. The first-order valence-electron chi connectivity index (χ1n) is 11.1. The van der Waals surface area contributed by atoms with Gasteiger partial charge in [-0.25, -0.2) is 0 Å². The molecule has 0 radical (unpaired) electrons. The van der Waals surface area contributed by atoms with E-state index < -0.39 is 31.0 Å². The van der Waals surface area contributed by atoms with Gasteiger partial charge in [-0.1, -0.05) is 64.0 Å². The van der Waals surface area contributed by atoms with E-state index in [0.717, 1.165) is 19.3 Å². The van der Waals surface area contributed by atoms with Crippen molar-refractivity contribution in [3.63, 3.8) is 0 Å². The van der Waals surface area contributed by atoms with Gasteiger partial charge in [0.05, 0.1) is 13.2 Å². The minimum atomic E-state index is -1.05. The molecule has 0 aromatic rings. The number of hydrogen-bond donors (Lipinski definition) is 3. The van der Waals surface area contributed by atoms with Crippen molar-refractivity contribution < 1.29 is 24.8 Å². The summed E-state index contributed by atoms with van der Waals surface area (Å²) in [4.78, 5) is 0. The van der Waals surface area contributed by atoms with Gasteiger partial charge in [0.1, 0.15) is 24.4 Å². The zero-order chi connectivity index (χ0) is 19.7. The first-order chi connectivity index (χ1) is 13.2. The summed E-state index contributed by atoms with van der Waals surface area (Å²) in [7, 11) is 0. The SMILES string of the molecule is CCCCCCCC/C=C/CCCCCCO[C@H]1CO[C@@H]([C@H](O)CO)[C@H]1O. The third-order valence-corrected chi connectivity index (χ3v) is 5.22. The molecular formula is C22H42O5. The molecule has 0 amide bonds. The molecule has 0 saturated carbocycles. The van der Waals surface area contributed by atoms with Crippen LogP contribution in [0.2, 0.25) is 0 Å². The van der Waals surface area contributed by atoms with E-state index in [1.165, 1.54) is 57.8 Å². The minimum Gasteiger partial charge on any atom is -0.394 e. The van der Waals surface area contributed by atoms with Crippen LogP contribution in [0.1, 0.15) is 84.0 Å². The summed E-state index contributed by atoms with van der Waals surface area (Å²) in [6.07, 6.45) is 16.6. The first kappa shape index (κ1) is 24.6. The van der Waals surface area contributed by atoms with E-state index in [1.54, 1.807) is 0 Å². The summed E-state index contributed by atoms with van der Waals surface area (Å²) in [6, 6.07) is 0. The Morgan fingerprint density at radius 2 is 1.56 bits per heavy atom. The van der Waals surface area contributed by atoms with Crippen LogP contribution >= 0.6 is 0 Å². The van der Waals surface area contributed by atoms with E-state index in [4.69, 9.17) is 14.6 Å². The number of aliphatic hydroxyl groups excluding tert-OH is 3. The van der Waals surface area contributed by atoms with Crippen molar-refractivity contribution in [2.45, 2.75) is 108 Å². The number of allylic oxidation sites excluding steroid dienone is 2. The van der Waals surface area contributed by atoms with E-state index in [0.29, 0.717) is 6.61 Å². The molecule has 3 N–H and O–H groups in total. The molecule has 1 aliphatic heterocycles. The van der Waals surface area contributed by atoms with Gasteiger partial charge in [0.15, 0.2) is 0 Å². The first-order valence-corrected chi connectivity index (χ1v) is 11.1. The summed E-state index contributed by atoms with van der Waals surface area (Å²) >= 11 is 0. The van der Waals surface area contributed by atoms with Gasteiger partial charge in [-0.15, -0.1) is 0 Å². The lowest BCUT2D eigenvalue weighted by Gasteiger charge is -2.20. The summed E-state index contributed by atoms with van der Waals surface area (Å²) in [6.45, 7) is 2.71. The second-order valence-corrected chi connectivity index (χ2v) is 7.68. The molecule has 1 fully saturated rings. The summed E-state index contributed by atoms with van der Waals surface area (Å²) in [5, 5.41) is 28.5. The molecule has 5 nitrogen and oxygen atoms in total. The van der Waals surface area contributed by atoms with Gasteiger partial charge in [-0.2, -0.15) is 0 Å². The maximum absolute atomic E-state index is 10.0. The average Bonchev–Trinajstić information content (AvgIpc) is 3.04. The van der Waals surface area contributed by atoms with Crippen LogP contribution in [0, 0.1) is 0 Å². The molecule has 4 atom stereocenters. The lowest BCUT2D eigenvalue weighted by Crippen LogP contribution is -2.41. The Hall–Kier alpha value is -0.460. The van der Waals surface area contributed by atoms with Crippen LogP contribution in [-0.4, -0.2) is 59.6 Å². The van der Waals surface area contributed by atoms with Crippen LogP contribution < -0.4 is 0 Å². The molecule has 0 unspecified atom stereocenters. The van der Waals surface area contributed by atoms with Gasteiger partial charge in [-0.3, -0.25) is 0 Å². The molecular weight excluding hydrogens is 344 g/mol. The molecule has 0 aliphatic carbocycles. The second-order valence-electron chi connectivity index (χ2n) is 7.68. The van der Waals surface area contributed by atoms with Crippen molar-refractivity contribution in [2.24, 2.45) is 0 Å². The molecule has 1 heterocycles. The lowest BCUT2D eigenvalue weighted by atomic mass is 10.1. The monoisotopic (exact) mass is 386 g/mol. The van der Waals surface area contributed by atoms with Crippen molar-refractivity contribution in [3.8, 4) is 0 Å². The number of hydrogen-bond acceptors (Lipinski definition) is 5. The van der Waals surface area contributed by atoms with Crippen molar-refractivity contribution in [1.82, 2.24) is 0 Å². The van der Waals surface area contributed by atoms with Crippen molar-refractivity contribution in [3.05, 3.63) is 12.2 Å². The predicted octanol–water partition coefficient (Wildman–Crippen LogP) is 3.74. The molecule has 160 valence electrons. The maximum Gasteiger partial charge on any atom is 0.114 e. The Morgan fingerprint density at radius 3 is 2.19 bits per heavy atom. The standard InChI is InChI=1S/C22H42O5/c1-2-3-4-5-6-7-8-9-10-11-12-13-14-15-16-26-20-18-27-22(21(20)25)19(24)17-23/h9-10,19-25H,2-8,11-18H2,1H3/b10-9+/t19-,20+,21+,22+/m1/s1. The predicted molar refractivity (Wildman–Crippen MR) is 109 cm³/mol. The van der Waals surface area contributed by atoms with Gasteiger partial charge >= 0.3 is 0 Å². The van der Waals surface area contributed by atoms with Crippen LogP contribution in [0.5, 0.6) is 0 Å². The van der Waals surface area contributed by atoms with Crippen molar-refractivity contribution >= 4 is 0 Å². The van der Waals surface area contributed by atoms with E-state index >= 15 is 0 Å². The van der Waals surface area contributed by atoms with Crippen LogP contribution in [0.15, 0.2) is 12.2 Å². The Morgan fingerprint density at radius 1 is 0.963 bits per heavy atom. The number of unbranched alkanes of at least 4 members (excludes halogenated alkanes) is 10. The number of ether oxygens (including phenoxy) is 2. The quantitative estimate of drug-likeness (QED) is 0.262. The van der Waals surface area contributed by atoms with Crippen LogP contribution in [-0.2, 0) is 9.47 Å². The topological polar surface area (TPSA) is 79.2 Å². The molecule has 0 spiro atoms. The molecule has 0 aromatic heterocycles. The van der Waals surface area contributed by atoms with E-state index in [1.807, 2.05) is 0 Å². The maximum atomic E-state index is 10.0. The summed E-state index contributed by atoms with van der Waals surface area (Å²) in [5.74, 6) is 0. The minimum absolute atomic E-state index is 0.270.